The fourth-order valence-electron chi connectivity index (χ4n) is 3.42. The number of carbonyl (C=O) groups excluding carboxylic acids is 1. The molecule has 2 heterocycles. The Balaban J connectivity index is 1.80. The summed E-state index contributed by atoms with van der Waals surface area (Å²) in [6.07, 6.45) is 1.78. The second-order valence-corrected chi connectivity index (χ2v) is 7.41. The maximum atomic E-state index is 12.8. The molecule has 7 heteroatoms. The van der Waals surface area contributed by atoms with Crippen LogP contribution in [-0.4, -0.2) is 47.0 Å². The Morgan fingerprint density at radius 3 is 2.33 bits per heavy atom. The van der Waals surface area contributed by atoms with Gasteiger partial charge in [-0.05, 0) is 36.4 Å². The Labute approximate surface area is 163 Å². The molecule has 1 saturated heterocycles. The third-order valence-corrected chi connectivity index (χ3v) is 6.12. The molecule has 0 atom stereocenters. The first kappa shape index (κ1) is 19.5. The van der Waals surface area contributed by atoms with Gasteiger partial charge in [0.1, 0.15) is 0 Å². The van der Waals surface area contributed by atoms with Crippen LogP contribution in [0.1, 0.15) is 28.1 Å². The van der Waals surface area contributed by atoms with E-state index in [9.17, 15) is 4.79 Å². The van der Waals surface area contributed by atoms with E-state index in [-0.39, 0.29) is 11.3 Å². The fraction of sp³-hybridized carbons (Fsp3) is 0.450. The number of hydrogen-bond donors (Lipinski definition) is 1. The highest BCUT2D eigenvalue weighted by Gasteiger charge is 2.36. The van der Waals surface area contributed by atoms with E-state index in [4.69, 9.17) is 18.9 Å². The Kier molecular flexibility index (Phi) is 6.23. The SMILES string of the molecule is COc1cc(C(=O)NCC2(c3cccs3)CCOCC2)cc(OC)c1OC. The molecule has 1 N–H and O–H groups in total. The van der Waals surface area contributed by atoms with Crippen LogP contribution in [0.2, 0.25) is 0 Å². The monoisotopic (exact) mass is 391 g/mol. The Bertz CT molecular complexity index is 744. The minimum Gasteiger partial charge on any atom is -0.493 e. The molecule has 0 saturated carbocycles. The van der Waals surface area contributed by atoms with Crippen LogP contribution in [0.15, 0.2) is 29.6 Å². The van der Waals surface area contributed by atoms with Gasteiger partial charge in [0, 0.05) is 35.6 Å². The van der Waals surface area contributed by atoms with Crippen molar-refractivity contribution >= 4 is 17.2 Å². The van der Waals surface area contributed by atoms with Gasteiger partial charge in [-0.25, -0.2) is 0 Å². The van der Waals surface area contributed by atoms with Crippen LogP contribution in [0.4, 0.5) is 0 Å². The Morgan fingerprint density at radius 2 is 1.81 bits per heavy atom. The van der Waals surface area contributed by atoms with Gasteiger partial charge < -0.3 is 24.3 Å². The maximum Gasteiger partial charge on any atom is 0.251 e. The van der Waals surface area contributed by atoms with Gasteiger partial charge in [-0.15, -0.1) is 11.3 Å². The zero-order chi connectivity index (χ0) is 19.3. The average molecular weight is 391 g/mol. The zero-order valence-electron chi connectivity index (χ0n) is 15.9. The molecule has 146 valence electrons. The summed E-state index contributed by atoms with van der Waals surface area (Å²) in [5.41, 5.74) is 0.390. The number of ether oxygens (including phenoxy) is 4. The summed E-state index contributed by atoms with van der Waals surface area (Å²) in [4.78, 5) is 14.1. The lowest BCUT2D eigenvalue weighted by Crippen LogP contribution is -2.44. The second-order valence-electron chi connectivity index (χ2n) is 6.47. The van der Waals surface area contributed by atoms with Gasteiger partial charge in [-0.2, -0.15) is 0 Å². The van der Waals surface area contributed by atoms with Gasteiger partial charge in [0.25, 0.3) is 5.91 Å². The first-order valence-corrected chi connectivity index (χ1v) is 9.71. The van der Waals surface area contributed by atoms with E-state index in [2.05, 4.69) is 22.8 Å². The Hall–Kier alpha value is -2.25. The van der Waals surface area contributed by atoms with Gasteiger partial charge in [0.2, 0.25) is 5.75 Å². The molecule has 6 nitrogen and oxygen atoms in total. The van der Waals surface area contributed by atoms with Gasteiger partial charge in [-0.3, -0.25) is 4.79 Å². The number of methoxy groups -OCH3 is 3. The van der Waals surface area contributed by atoms with Crippen LogP contribution in [0.25, 0.3) is 0 Å². The number of hydrogen-bond acceptors (Lipinski definition) is 6. The molecule has 3 rings (SSSR count). The molecule has 0 radical (unpaired) electrons. The van der Waals surface area contributed by atoms with E-state index in [0.717, 1.165) is 12.8 Å². The van der Waals surface area contributed by atoms with Crippen LogP contribution in [0.5, 0.6) is 17.2 Å². The van der Waals surface area contributed by atoms with Crippen molar-refractivity contribution in [2.75, 3.05) is 41.1 Å². The molecule has 1 aromatic carbocycles. The number of benzene rings is 1. The number of thiophene rings is 1. The van der Waals surface area contributed by atoms with Crippen molar-refractivity contribution in [3.8, 4) is 17.2 Å². The van der Waals surface area contributed by atoms with Crippen LogP contribution in [-0.2, 0) is 10.2 Å². The third-order valence-electron chi connectivity index (χ3n) is 5.01. The smallest absolute Gasteiger partial charge is 0.251 e. The highest BCUT2D eigenvalue weighted by Crippen LogP contribution is 2.39. The van der Waals surface area contributed by atoms with Crippen LogP contribution in [0.3, 0.4) is 0 Å². The average Bonchev–Trinajstić information content (AvgIpc) is 3.27. The second kappa shape index (κ2) is 8.63. The molecule has 0 spiro atoms. The van der Waals surface area contributed by atoms with Crippen molar-refractivity contribution < 1.29 is 23.7 Å². The lowest BCUT2D eigenvalue weighted by Gasteiger charge is -2.36. The minimum absolute atomic E-state index is 0.0806. The number of amides is 1. The summed E-state index contributed by atoms with van der Waals surface area (Å²) in [7, 11) is 4.61. The molecule has 1 aromatic heterocycles. The topological polar surface area (TPSA) is 66.0 Å². The van der Waals surface area contributed by atoms with Crippen molar-refractivity contribution in [3.63, 3.8) is 0 Å². The van der Waals surface area contributed by atoms with Crippen LogP contribution < -0.4 is 19.5 Å². The van der Waals surface area contributed by atoms with Gasteiger partial charge in [0.15, 0.2) is 11.5 Å². The lowest BCUT2D eigenvalue weighted by molar-refractivity contribution is 0.0499. The predicted molar refractivity (Wildman–Crippen MR) is 104 cm³/mol. The summed E-state index contributed by atoms with van der Waals surface area (Å²) in [5, 5.41) is 5.18. The van der Waals surface area contributed by atoms with E-state index in [1.165, 1.54) is 26.2 Å². The molecule has 0 unspecified atom stereocenters. The highest BCUT2D eigenvalue weighted by molar-refractivity contribution is 7.10. The Morgan fingerprint density at radius 1 is 1.15 bits per heavy atom. The quantitative estimate of drug-likeness (QED) is 0.785. The highest BCUT2D eigenvalue weighted by atomic mass is 32.1. The van der Waals surface area contributed by atoms with Gasteiger partial charge in [0.05, 0.1) is 21.3 Å². The molecular weight excluding hydrogens is 366 g/mol. The molecule has 0 aliphatic carbocycles. The summed E-state index contributed by atoms with van der Waals surface area (Å²) in [6.45, 7) is 1.97. The molecule has 1 aliphatic heterocycles. The zero-order valence-corrected chi connectivity index (χ0v) is 16.7. The van der Waals surface area contributed by atoms with Crippen LogP contribution >= 0.6 is 11.3 Å². The normalized spacial score (nSPS) is 15.8. The molecule has 0 bridgehead atoms. The van der Waals surface area contributed by atoms with E-state index in [1.807, 2.05) is 0 Å². The van der Waals surface area contributed by atoms with Crippen LogP contribution in [0, 0.1) is 0 Å². The maximum absolute atomic E-state index is 12.8. The summed E-state index contributed by atoms with van der Waals surface area (Å²) in [6, 6.07) is 7.52. The molecular formula is C20H25NO5S. The van der Waals surface area contributed by atoms with Gasteiger partial charge in [-0.1, -0.05) is 6.07 Å². The van der Waals surface area contributed by atoms with Gasteiger partial charge >= 0.3 is 0 Å². The van der Waals surface area contributed by atoms with E-state index < -0.39 is 0 Å². The minimum atomic E-state index is -0.170. The van der Waals surface area contributed by atoms with Crippen molar-refractivity contribution in [2.24, 2.45) is 0 Å². The van der Waals surface area contributed by atoms with Crippen molar-refractivity contribution in [1.82, 2.24) is 5.32 Å². The first-order chi connectivity index (χ1) is 13.1. The number of rotatable bonds is 7. The molecule has 1 aliphatic rings. The first-order valence-electron chi connectivity index (χ1n) is 8.83. The largest absolute Gasteiger partial charge is 0.493 e. The van der Waals surface area contributed by atoms with E-state index >= 15 is 0 Å². The van der Waals surface area contributed by atoms with E-state index in [1.54, 1.807) is 23.5 Å². The third kappa shape index (κ3) is 4.04. The molecule has 1 fully saturated rings. The number of nitrogens with one attached hydrogen (secondary N) is 1. The lowest BCUT2D eigenvalue weighted by atomic mass is 9.78. The predicted octanol–water partition coefficient (Wildman–Crippen LogP) is 3.25. The van der Waals surface area contributed by atoms with E-state index in [0.29, 0.717) is 42.6 Å². The van der Waals surface area contributed by atoms with Crippen molar-refractivity contribution in [1.29, 1.82) is 0 Å². The summed E-state index contributed by atoms with van der Waals surface area (Å²) in [5.74, 6) is 1.22. The van der Waals surface area contributed by atoms with Crippen molar-refractivity contribution in [3.05, 3.63) is 40.1 Å². The summed E-state index contributed by atoms with van der Waals surface area (Å²) < 4.78 is 21.5. The number of carbonyl (C=O) groups is 1. The molecule has 2 aromatic rings. The summed E-state index contributed by atoms with van der Waals surface area (Å²) >= 11 is 1.73. The van der Waals surface area contributed by atoms with Crippen molar-refractivity contribution in [2.45, 2.75) is 18.3 Å². The standard InChI is InChI=1S/C20H25NO5S/c1-23-15-11-14(12-16(24-2)18(15)25-3)19(22)21-13-20(6-8-26-9-7-20)17-5-4-10-27-17/h4-5,10-12H,6-9,13H2,1-3H3,(H,21,22). The molecule has 1 amide bonds. The molecule has 27 heavy (non-hydrogen) atoms. The fourth-order valence-corrected chi connectivity index (χ4v) is 4.40.